The van der Waals surface area contributed by atoms with Crippen molar-refractivity contribution in [1.29, 1.82) is 0 Å². The van der Waals surface area contributed by atoms with Gasteiger partial charge in [0.25, 0.3) is 11.8 Å². The molecule has 1 N–H and O–H groups in total. The molecule has 3 aromatic rings. The van der Waals surface area contributed by atoms with Gasteiger partial charge in [-0.05, 0) is 79.1 Å². The molecule has 8 rings (SSSR count). The lowest BCUT2D eigenvalue weighted by molar-refractivity contribution is -0.144. The van der Waals surface area contributed by atoms with Crippen molar-refractivity contribution in [3.63, 3.8) is 0 Å². The van der Waals surface area contributed by atoms with E-state index >= 15 is 0 Å². The quantitative estimate of drug-likeness (QED) is 0.186. The number of aliphatic hydroxyl groups is 1. The van der Waals surface area contributed by atoms with E-state index in [0.717, 1.165) is 36.7 Å². The predicted octanol–water partition coefficient (Wildman–Crippen LogP) is 5.42. The molecule has 0 radical (unpaired) electrons. The Hall–Kier alpha value is -4.09. The van der Waals surface area contributed by atoms with Crippen LogP contribution in [-0.2, 0) is 25.7 Å². The number of hydrogen-bond donors (Lipinski definition) is 1. The summed E-state index contributed by atoms with van der Waals surface area (Å²) in [5, 5.41) is 9.23. The number of nitrogens with zero attached hydrogens (tertiary/aromatic N) is 3. The number of ether oxygens (including phenoxy) is 1. The van der Waals surface area contributed by atoms with Gasteiger partial charge in [-0.25, -0.2) is 9.29 Å². The van der Waals surface area contributed by atoms with Crippen LogP contribution in [0.3, 0.4) is 0 Å². The Morgan fingerprint density at radius 3 is 2.21 bits per heavy atom. The van der Waals surface area contributed by atoms with E-state index < -0.39 is 51.1 Å². The van der Waals surface area contributed by atoms with Crippen molar-refractivity contribution in [3.8, 4) is 5.75 Å². The Labute approximate surface area is 310 Å². The van der Waals surface area contributed by atoms with Crippen molar-refractivity contribution in [1.82, 2.24) is 9.80 Å². The molecule has 4 amide bonds. The Morgan fingerprint density at radius 1 is 0.846 bits per heavy atom. The molecular weight excluding hydrogens is 708 g/mol. The summed E-state index contributed by atoms with van der Waals surface area (Å²) in [5.74, 6) is -5.03. The molecule has 3 heterocycles. The van der Waals surface area contributed by atoms with Crippen molar-refractivity contribution >= 4 is 52.5 Å². The van der Waals surface area contributed by atoms with Crippen LogP contribution in [0.2, 0.25) is 0 Å². The van der Waals surface area contributed by atoms with E-state index in [-0.39, 0.29) is 49.6 Å². The molecule has 1 saturated carbocycles. The third-order valence-electron chi connectivity index (χ3n) is 11.7. The monoisotopic (exact) mass is 745 g/mol. The van der Waals surface area contributed by atoms with E-state index in [9.17, 15) is 28.7 Å². The first-order chi connectivity index (χ1) is 25.1. The number of halogens is 3. The van der Waals surface area contributed by atoms with Crippen LogP contribution < -0.4 is 9.64 Å². The van der Waals surface area contributed by atoms with Crippen molar-refractivity contribution in [2.24, 2.45) is 17.8 Å². The van der Waals surface area contributed by atoms with E-state index in [0.29, 0.717) is 29.7 Å². The molecule has 12 heteroatoms. The predicted molar refractivity (Wildman–Crippen MR) is 192 cm³/mol. The minimum absolute atomic E-state index is 0.0849. The second kappa shape index (κ2) is 13.4. The average Bonchev–Trinajstić information content (AvgIpc) is 3.49. The number of carbonyl (C=O) groups is 4. The van der Waals surface area contributed by atoms with E-state index in [1.165, 1.54) is 22.6 Å². The molecule has 2 aliphatic carbocycles. The zero-order valence-corrected chi connectivity index (χ0v) is 29.8. The summed E-state index contributed by atoms with van der Waals surface area (Å²) >= 11 is 14.9. The van der Waals surface area contributed by atoms with E-state index in [2.05, 4.69) is 17.0 Å². The summed E-state index contributed by atoms with van der Waals surface area (Å²) in [5.41, 5.74) is 2.61. The molecule has 6 unspecified atom stereocenters. The van der Waals surface area contributed by atoms with Crippen LogP contribution >= 0.6 is 23.2 Å². The lowest BCUT2D eigenvalue weighted by Crippen LogP contribution is -2.60. The highest BCUT2D eigenvalue weighted by atomic mass is 35.5. The van der Waals surface area contributed by atoms with Crippen LogP contribution in [0.1, 0.15) is 42.7 Å². The standard InChI is InChI=1S/C40H38Cl2FN3O6/c41-39-22-32-30(14-15-31-33(32)36(49)45(35(31)48)28-16-18-44(19-17-28)23-24-4-2-1-3-5-24)34(25-6-12-29(13-7-25)52-21-20-47)40(39,42)38(51)46(37(39)50)27-10-8-26(43)9-11-27/h1-14,28,31-34,47H,15-23H2. The maximum absolute atomic E-state index is 14.6. The van der Waals surface area contributed by atoms with Gasteiger partial charge in [-0.3, -0.25) is 29.0 Å². The minimum atomic E-state index is -2.01. The second-order valence-electron chi connectivity index (χ2n) is 14.4. The number of rotatable bonds is 8. The fourth-order valence-electron chi connectivity index (χ4n) is 9.25. The lowest BCUT2D eigenvalue weighted by atomic mass is 9.56. The summed E-state index contributed by atoms with van der Waals surface area (Å²) in [4.78, 5) is 58.4. The fraction of sp³-hybridized carbons (Fsp3) is 0.400. The highest BCUT2D eigenvalue weighted by Gasteiger charge is 2.76. The minimum Gasteiger partial charge on any atom is -0.491 e. The highest BCUT2D eigenvalue weighted by Crippen LogP contribution is 2.66. The number of allylic oxidation sites excluding steroid dienone is 2. The summed E-state index contributed by atoms with van der Waals surface area (Å²) in [6, 6.07) is 21.8. The van der Waals surface area contributed by atoms with Gasteiger partial charge in [0.1, 0.15) is 18.2 Å². The van der Waals surface area contributed by atoms with Gasteiger partial charge in [-0.2, -0.15) is 0 Å². The molecule has 5 aliphatic rings. The Balaban J connectivity index is 1.13. The van der Waals surface area contributed by atoms with Crippen molar-refractivity contribution < 1.29 is 33.4 Å². The smallest absolute Gasteiger partial charge is 0.258 e. The van der Waals surface area contributed by atoms with E-state index in [4.69, 9.17) is 27.9 Å². The van der Waals surface area contributed by atoms with Crippen LogP contribution in [0.4, 0.5) is 10.1 Å². The molecule has 52 heavy (non-hydrogen) atoms. The molecule has 270 valence electrons. The fourth-order valence-corrected chi connectivity index (χ4v) is 10.2. The number of likely N-dealkylation sites (tertiary alicyclic amines) is 2. The van der Waals surface area contributed by atoms with Gasteiger partial charge in [0.15, 0.2) is 9.75 Å². The van der Waals surface area contributed by atoms with Crippen LogP contribution in [0, 0.1) is 23.6 Å². The third-order valence-corrected chi connectivity index (χ3v) is 13.1. The number of alkyl halides is 2. The maximum Gasteiger partial charge on any atom is 0.258 e. The number of amides is 4. The molecule has 4 fully saturated rings. The molecule has 3 saturated heterocycles. The summed E-state index contributed by atoms with van der Waals surface area (Å²) in [7, 11) is 0. The zero-order chi connectivity index (χ0) is 36.4. The van der Waals surface area contributed by atoms with Crippen molar-refractivity contribution in [2.45, 2.75) is 53.9 Å². The highest BCUT2D eigenvalue weighted by molar-refractivity contribution is 6.58. The largest absolute Gasteiger partial charge is 0.491 e. The number of aliphatic hydroxyl groups excluding tert-OH is 1. The normalized spacial score (nSPS) is 30.7. The molecule has 6 atom stereocenters. The van der Waals surface area contributed by atoms with Gasteiger partial charge in [-0.1, -0.05) is 54.1 Å². The van der Waals surface area contributed by atoms with Crippen LogP contribution in [0.25, 0.3) is 0 Å². The molecule has 9 nitrogen and oxygen atoms in total. The van der Waals surface area contributed by atoms with Gasteiger partial charge in [-0.15, -0.1) is 23.2 Å². The molecule has 0 bridgehead atoms. The molecule has 3 aliphatic heterocycles. The first kappa shape index (κ1) is 35.0. The van der Waals surface area contributed by atoms with Crippen molar-refractivity contribution in [3.05, 3.63) is 107 Å². The number of carbonyl (C=O) groups excluding carboxylic acids is 4. The molecular formula is C40H38Cl2FN3O6. The Morgan fingerprint density at radius 2 is 1.54 bits per heavy atom. The number of benzene rings is 3. The lowest BCUT2D eigenvalue weighted by Gasteiger charge is -2.50. The van der Waals surface area contributed by atoms with Crippen LogP contribution in [0.5, 0.6) is 5.75 Å². The van der Waals surface area contributed by atoms with Crippen LogP contribution in [0.15, 0.2) is 90.5 Å². The third kappa shape index (κ3) is 5.40. The maximum atomic E-state index is 14.6. The zero-order valence-electron chi connectivity index (χ0n) is 28.3. The number of hydrogen-bond acceptors (Lipinski definition) is 7. The summed E-state index contributed by atoms with van der Waals surface area (Å²) in [6.45, 7) is 2.20. The SMILES string of the molecule is O=C1C2CC=C3C(CC4(Cl)C(=O)N(c5ccc(F)cc5)C(=O)C4(Cl)C3c3ccc(OCCO)cc3)C2C(=O)N1C1CCN(Cc2ccccc2)CC1. The molecule has 0 spiro atoms. The van der Waals surface area contributed by atoms with Gasteiger partial charge >= 0.3 is 0 Å². The topological polar surface area (TPSA) is 107 Å². The van der Waals surface area contributed by atoms with Gasteiger partial charge in [0.05, 0.1) is 24.1 Å². The first-order valence-corrected chi connectivity index (χ1v) is 18.5. The second-order valence-corrected chi connectivity index (χ2v) is 15.7. The number of piperidine rings is 1. The number of imide groups is 2. The summed E-state index contributed by atoms with van der Waals surface area (Å²) < 4.78 is 19.5. The van der Waals surface area contributed by atoms with Gasteiger partial charge < -0.3 is 9.84 Å². The van der Waals surface area contributed by atoms with Crippen molar-refractivity contribution in [2.75, 3.05) is 31.2 Å². The van der Waals surface area contributed by atoms with E-state index in [1.807, 2.05) is 24.3 Å². The first-order valence-electron chi connectivity index (χ1n) is 17.8. The Kier molecular flexibility index (Phi) is 9.01. The molecule has 3 aromatic carbocycles. The summed E-state index contributed by atoms with van der Waals surface area (Å²) in [6.07, 6.45) is 3.38. The molecule has 0 aromatic heterocycles. The van der Waals surface area contributed by atoms with Gasteiger partial charge in [0.2, 0.25) is 11.8 Å². The number of fused-ring (bicyclic) bond motifs is 4. The average molecular weight is 747 g/mol. The Bertz CT molecular complexity index is 1940. The van der Waals surface area contributed by atoms with Crippen LogP contribution in [-0.4, -0.2) is 80.6 Å². The van der Waals surface area contributed by atoms with Gasteiger partial charge in [0, 0.05) is 31.6 Å². The number of anilines is 1. The van der Waals surface area contributed by atoms with E-state index in [1.54, 1.807) is 24.3 Å².